The van der Waals surface area contributed by atoms with Crippen molar-refractivity contribution in [3.05, 3.63) is 83.7 Å². The quantitative estimate of drug-likeness (QED) is 0.241. The third kappa shape index (κ3) is 4.69. The Morgan fingerprint density at radius 2 is 1.07 bits per heavy atom. The molecule has 0 unspecified atom stereocenters. The molecule has 41 heavy (non-hydrogen) atoms. The normalized spacial score (nSPS) is 14.6. The molecule has 0 amide bonds. The van der Waals surface area contributed by atoms with E-state index in [1.54, 1.807) is 0 Å². The highest BCUT2D eigenvalue weighted by molar-refractivity contribution is 5.88. The van der Waals surface area contributed by atoms with E-state index < -0.39 is 0 Å². The molecule has 0 saturated heterocycles. The first kappa shape index (κ1) is 27.1. The van der Waals surface area contributed by atoms with Gasteiger partial charge in [0.2, 0.25) is 0 Å². The van der Waals surface area contributed by atoms with E-state index in [9.17, 15) is 0 Å². The molecule has 2 aromatic carbocycles. The van der Waals surface area contributed by atoms with E-state index in [-0.39, 0.29) is 0 Å². The van der Waals surface area contributed by atoms with Crippen LogP contribution in [0.3, 0.4) is 0 Å². The molecule has 0 spiro atoms. The topological polar surface area (TPSA) is 38.7 Å². The fourth-order valence-electron chi connectivity index (χ4n) is 6.25. The fourth-order valence-corrected chi connectivity index (χ4v) is 6.25. The highest BCUT2D eigenvalue weighted by atomic mass is 15.4. The number of pyridine rings is 2. The first-order valence-electron chi connectivity index (χ1n) is 14.8. The van der Waals surface area contributed by atoms with Gasteiger partial charge in [-0.05, 0) is 88.0 Å². The van der Waals surface area contributed by atoms with Gasteiger partial charge in [-0.15, -0.1) is 0 Å². The molecular formula is C35H42N6. The van der Waals surface area contributed by atoms with Crippen LogP contribution >= 0.6 is 0 Å². The van der Waals surface area contributed by atoms with Gasteiger partial charge < -0.3 is 19.6 Å². The Kier molecular flexibility index (Phi) is 6.88. The van der Waals surface area contributed by atoms with Crippen LogP contribution in [0.5, 0.6) is 0 Å². The molecule has 6 nitrogen and oxygen atoms in total. The molecule has 0 N–H and O–H groups in total. The van der Waals surface area contributed by atoms with Crippen LogP contribution in [0, 0.1) is 0 Å². The van der Waals surface area contributed by atoms with E-state index in [1.807, 2.05) is 24.5 Å². The van der Waals surface area contributed by atoms with E-state index in [1.165, 1.54) is 27.8 Å². The van der Waals surface area contributed by atoms with E-state index in [4.69, 9.17) is 9.97 Å². The molecule has 0 fully saturated rings. The fraction of sp³-hybridized carbons (Fsp3) is 0.371. The Morgan fingerprint density at radius 1 is 0.610 bits per heavy atom. The maximum Gasteiger partial charge on any atom is 0.158 e. The second-order valence-corrected chi connectivity index (χ2v) is 12.5. The SMILES string of the molecule is CC(C)c1cc(C(C)C)c(-c2cc(N3CN(C)c4cccnc43)cc(N3CN(C)c4cccnc43)c2)c(C(C)C)c1. The summed E-state index contributed by atoms with van der Waals surface area (Å²) in [5, 5.41) is 0. The molecule has 6 heteroatoms. The molecular weight excluding hydrogens is 504 g/mol. The molecule has 4 heterocycles. The lowest BCUT2D eigenvalue weighted by Crippen LogP contribution is -2.26. The summed E-state index contributed by atoms with van der Waals surface area (Å²) in [6.07, 6.45) is 3.79. The number of aromatic nitrogens is 2. The molecule has 212 valence electrons. The maximum atomic E-state index is 4.82. The number of hydrogen-bond acceptors (Lipinski definition) is 6. The van der Waals surface area contributed by atoms with Crippen LogP contribution in [-0.2, 0) is 0 Å². The molecule has 2 aromatic heterocycles. The predicted octanol–water partition coefficient (Wildman–Crippen LogP) is 8.60. The smallest absolute Gasteiger partial charge is 0.158 e. The highest BCUT2D eigenvalue weighted by Gasteiger charge is 2.30. The molecule has 0 radical (unpaired) electrons. The van der Waals surface area contributed by atoms with Crippen LogP contribution in [0.1, 0.15) is 76.0 Å². The molecule has 4 aromatic rings. The van der Waals surface area contributed by atoms with Crippen molar-refractivity contribution in [2.75, 3.05) is 47.0 Å². The van der Waals surface area contributed by atoms with Gasteiger partial charge in [0.1, 0.15) is 0 Å². The third-order valence-corrected chi connectivity index (χ3v) is 8.52. The average Bonchev–Trinajstić information content (AvgIpc) is 3.49. The Hall–Kier alpha value is -4.06. The molecule has 0 saturated carbocycles. The number of rotatable bonds is 6. The van der Waals surface area contributed by atoms with Gasteiger partial charge in [0, 0.05) is 37.9 Å². The van der Waals surface area contributed by atoms with Crippen LogP contribution < -0.4 is 19.6 Å². The number of hydrogen-bond donors (Lipinski definition) is 0. The lowest BCUT2D eigenvalue weighted by Gasteiger charge is -2.27. The zero-order valence-electron chi connectivity index (χ0n) is 25.7. The molecule has 0 aliphatic carbocycles. The standard InChI is InChI=1S/C35H42N6/c1-22(2)25-17-29(23(3)4)33(30(18-25)24(5)6)26-15-27(40-20-38(7)31-11-9-13-36-34(31)40)19-28(16-26)41-21-39(8)32-12-10-14-37-35(32)41/h9-19,22-24H,20-21H2,1-8H3. The summed E-state index contributed by atoms with van der Waals surface area (Å²) in [6.45, 7) is 15.4. The zero-order valence-corrected chi connectivity index (χ0v) is 25.7. The van der Waals surface area contributed by atoms with Gasteiger partial charge in [-0.3, -0.25) is 0 Å². The minimum Gasteiger partial charge on any atom is -0.354 e. The first-order chi connectivity index (χ1) is 19.6. The van der Waals surface area contributed by atoms with Crippen molar-refractivity contribution in [1.29, 1.82) is 0 Å². The molecule has 6 rings (SSSR count). The first-order valence-corrected chi connectivity index (χ1v) is 14.8. The Bertz CT molecular complexity index is 1480. The van der Waals surface area contributed by atoms with Crippen LogP contribution in [-0.4, -0.2) is 37.4 Å². The molecule has 2 aliphatic rings. The van der Waals surface area contributed by atoms with Crippen molar-refractivity contribution in [3.8, 4) is 11.1 Å². The summed E-state index contributed by atoms with van der Waals surface area (Å²) in [4.78, 5) is 18.9. The summed E-state index contributed by atoms with van der Waals surface area (Å²) < 4.78 is 0. The monoisotopic (exact) mass is 546 g/mol. The molecule has 2 aliphatic heterocycles. The maximum absolute atomic E-state index is 4.82. The van der Waals surface area contributed by atoms with Crippen molar-refractivity contribution in [1.82, 2.24) is 9.97 Å². The van der Waals surface area contributed by atoms with E-state index in [0.717, 1.165) is 47.7 Å². The second kappa shape index (κ2) is 10.4. The van der Waals surface area contributed by atoms with Gasteiger partial charge in [-0.25, -0.2) is 9.97 Å². The molecule has 0 atom stereocenters. The second-order valence-electron chi connectivity index (χ2n) is 12.5. The minimum absolute atomic E-state index is 0.397. The lowest BCUT2D eigenvalue weighted by atomic mass is 9.81. The van der Waals surface area contributed by atoms with Crippen LogP contribution in [0.2, 0.25) is 0 Å². The van der Waals surface area contributed by atoms with Gasteiger partial charge in [0.15, 0.2) is 11.6 Å². The molecule has 0 bridgehead atoms. The summed E-state index contributed by atoms with van der Waals surface area (Å²) >= 11 is 0. The van der Waals surface area contributed by atoms with Crippen molar-refractivity contribution in [3.63, 3.8) is 0 Å². The van der Waals surface area contributed by atoms with Crippen LogP contribution in [0.15, 0.2) is 67.0 Å². The van der Waals surface area contributed by atoms with Crippen molar-refractivity contribution in [2.24, 2.45) is 0 Å². The van der Waals surface area contributed by atoms with Gasteiger partial charge in [-0.1, -0.05) is 53.7 Å². The Labute approximate surface area is 245 Å². The Morgan fingerprint density at radius 3 is 1.49 bits per heavy atom. The van der Waals surface area contributed by atoms with Gasteiger partial charge >= 0.3 is 0 Å². The number of fused-ring (bicyclic) bond motifs is 2. The van der Waals surface area contributed by atoms with Gasteiger partial charge in [0.05, 0.1) is 24.7 Å². The number of benzene rings is 2. The summed E-state index contributed by atoms with van der Waals surface area (Å²) in [5.41, 5.74) is 11.4. The Balaban J connectivity index is 1.61. The van der Waals surface area contributed by atoms with Gasteiger partial charge in [-0.2, -0.15) is 0 Å². The van der Waals surface area contributed by atoms with Crippen molar-refractivity contribution >= 4 is 34.4 Å². The minimum atomic E-state index is 0.397. The van der Waals surface area contributed by atoms with Crippen LogP contribution in [0.4, 0.5) is 34.4 Å². The van der Waals surface area contributed by atoms with Crippen LogP contribution in [0.25, 0.3) is 11.1 Å². The van der Waals surface area contributed by atoms with Gasteiger partial charge in [0.25, 0.3) is 0 Å². The summed E-state index contributed by atoms with van der Waals surface area (Å²) in [7, 11) is 4.28. The third-order valence-electron chi connectivity index (χ3n) is 8.52. The lowest BCUT2D eigenvalue weighted by molar-refractivity contribution is 0.807. The van der Waals surface area contributed by atoms with E-state index in [2.05, 4.69) is 118 Å². The summed E-state index contributed by atoms with van der Waals surface area (Å²) in [6, 6.07) is 20.3. The van der Waals surface area contributed by atoms with Crippen molar-refractivity contribution in [2.45, 2.75) is 59.3 Å². The number of nitrogens with zero attached hydrogens (tertiary/aromatic N) is 6. The van der Waals surface area contributed by atoms with E-state index >= 15 is 0 Å². The van der Waals surface area contributed by atoms with E-state index in [0.29, 0.717) is 17.8 Å². The largest absolute Gasteiger partial charge is 0.354 e. The number of anilines is 6. The summed E-state index contributed by atoms with van der Waals surface area (Å²) in [5.74, 6) is 3.27. The zero-order chi connectivity index (χ0) is 29.0. The average molecular weight is 547 g/mol. The highest BCUT2D eigenvalue weighted by Crippen LogP contribution is 2.46. The van der Waals surface area contributed by atoms with Crippen molar-refractivity contribution < 1.29 is 0 Å². The predicted molar refractivity (Wildman–Crippen MR) is 173 cm³/mol.